The summed E-state index contributed by atoms with van der Waals surface area (Å²) in [5.41, 5.74) is 1.57. The minimum Gasteiger partial charge on any atom is -0.481 e. The Balaban J connectivity index is 1.93. The van der Waals surface area contributed by atoms with Crippen LogP contribution in [-0.2, 0) is 17.0 Å². The molecule has 0 fully saturated rings. The van der Waals surface area contributed by atoms with Gasteiger partial charge in [0.1, 0.15) is 4.34 Å². The first-order chi connectivity index (χ1) is 9.54. The van der Waals surface area contributed by atoms with Crippen LogP contribution in [0, 0.1) is 10.1 Å². The number of nitro benzene ring substituents is 1. The van der Waals surface area contributed by atoms with E-state index in [1.54, 1.807) is 17.5 Å². The highest BCUT2D eigenvalue weighted by Crippen LogP contribution is 2.27. The molecular formula is C12H10N2O4S2. The van der Waals surface area contributed by atoms with Gasteiger partial charge in [0.15, 0.2) is 0 Å². The Morgan fingerprint density at radius 3 is 2.70 bits per heavy atom. The third-order valence-electron chi connectivity index (χ3n) is 2.37. The van der Waals surface area contributed by atoms with Crippen molar-refractivity contribution in [1.29, 1.82) is 0 Å². The standard InChI is InChI=1S/C12H10N2O4S2/c15-11(16)5-9-7-20-12(13-9)19-6-8-1-3-10(4-2-8)14(17)18/h1-4,7H,5-6H2,(H,15,16). The van der Waals surface area contributed by atoms with E-state index in [1.807, 2.05) is 0 Å². The van der Waals surface area contributed by atoms with Gasteiger partial charge in [-0.05, 0) is 5.56 Å². The van der Waals surface area contributed by atoms with Crippen molar-refractivity contribution in [2.75, 3.05) is 0 Å². The van der Waals surface area contributed by atoms with E-state index in [-0.39, 0.29) is 12.1 Å². The van der Waals surface area contributed by atoms with E-state index >= 15 is 0 Å². The van der Waals surface area contributed by atoms with Crippen molar-refractivity contribution in [3.8, 4) is 0 Å². The highest BCUT2D eigenvalue weighted by Gasteiger charge is 2.08. The van der Waals surface area contributed by atoms with Gasteiger partial charge in [-0.1, -0.05) is 23.9 Å². The maximum absolute atomic E-state index is 10.5. The summed E-state index contributed by atoms with van der Waals surface area (Å²) < 4.78 is 0.791. The fraction of sp³-hybridized carbons (Fsp3) is 0.167. The number of hydrogen-bond acceptors (Lipinski definition) is 6. The van der Waals surface area contributed by atoms with Crippen molar-refractivity contribution in [2.24, 2.45) is 0 Å². The number of thiazole rings is 1. The average Bonchev–Trinajstić information content (AvgIpc) is 2.83. The molecular weight excluding hydrogens is 300 g/mol. The van der Waals surface area contributed by atoms with Crippen molar-refractivity contribution in [3.05, 3.63) is 51.0 Å². The molecule has 20 heavy (non-hydrogen) atoms. The molecule has 0 radical (unpaired) electrons. The molecule has 0 spiro atoms. The summed E-state index contributed by atoms with van der Waals surface area (Å²) in [6.45, 7) is 0. The summed E-state index contributed by atoms with van der Waals surface area (Å²) in [6.07, 6.45) is -0.0748. The van der Waals surface area contributed by atoms with Gasteiger partial charge in [0.05, 0.1) is 17.0 Å². The number of carboxylic acid groups (broad SMARTS) is 1. The summed E-state index contributed by atoms with van der Waals surface area (Å²) in [7, 11) is 0. The molecule has 0 aliphatic heterocycles. The van der Waals surface area contributed by atoms with Crippen LogP contribution in [0.15, 0.2) is 34.0 Å². The van der Waals surface area contributed by atoms with E-state index in [1.165, 1.54) is 35.2 Å². The molecule has 1 N–H and O–H groups in total. The van der Waals surface area contributed by atoms with Gasteiger partial charge in [0.25, 0.3) is 5.69 Å². The van der Waals surface area contributed by atoms with E-state index < -0.39 is 10.9 Å². The van der Waals surface area contributed by atoms with Crippen molar-refractivity contribution in [2.45, 2.75) is 16.5 Å². The fourth-order valence-electron chi connectivity index (χ4n) is 1.45. The van der Waals surface area contributed by atoms with Crippen molar-refractivity contribution in [1.82, 2.24) is 4.98 Å². The normalized spacial score (nSPS) is 10.4. The SMILES string of the molecule is O=C(O)Cc1csc(SCc2ccc([N+](=O)[O-])cc2)n1. The molecule has 1 aromatic carbocycles. The van der Waals surface area contributed by atoms with E-state index in [4.69, 9.17) is 5.11 Å². The van der Waals surface area contributed by atoms with E-state index in [0.717, 1.165) is 9.90 Å². The molecule has 0 atom stereocenters. The number of thioether (sulfide) groups is 1. The first kappa shape index (κ1) is 14.5. The largest absolute Gasteiger partial charge is 0.481 e. The first-order valence-electron chi connectivity index (χ1n) is 5.57. The van der Waals surface area contributed by atoms with Gasteiger partial charge in [-0.25, -0.2) is 4.98 Å². The fourth-order valence-corrected chi connectivity index (χ4v) is 3.25. The van der Waals surface area contributed by atoms with Gasteiger partial charge >= 0.3 is 5.97 Å². The van der Waals surface area contributed by atoms with Gasteiger partial charge in [-0.3, -0.25) is 14.9 Å². The minimum atomic E-state index is -0.901. The Kier molecular flexibility index (Phi) is 4.70. The molecule has 0 bridgehead atoms. The molecule has 1 heterocycles. The zero-order valence-corrected chi connectivity index (χ0v) is 11.8. The monoisotopic (exact) mass is 310 g/mol. The number of carboxylic acids is 1. The molecule has 0 amide bonds. The van der Waals surface area contributed by atoms with Crippen LogP contribution >= 0.6 is 23.1 Å². The van der Waals surface area contributed by atoms with Crippen molar-refractivity contribution < 1.29 is 14.8 Å². The number of aliphatic carboxylic acids is 1. The first-order valence-corrected chi connectivity index (χ1v) is 7.43. The molecule has 2 rings (SSSR count). The summed E-state index contributed by atoms with van der Waals surface area (Å²) in [5, 5.41) is 20.9. The van der Waals surface area contributed by atoms with Crippen LogP contribution in [0.2, 0.25) is 0 Å². The van der Waals surface area contributed by atoms with Crippen molar-refractivity contribution >= 4 is 34.8 Å². The quantitative estimate of drug-likeness (QED) is 0.501. The van der Waals surface area contributed by atoms with Crippen LogP contribution in [0.3, 0.4) is 0 Å². The van der Waals surface area contributed by atoms with Crippen LogP contribution in [0.4, 0.5) is 5.69 Å². The maximum Gasteiger partial charge on any atom is 0.309 e. The number of nitro groups is 1. The lowest BCUT2D eigenvalue weighted by atomic mass is 10.2. The third-order valence-corrected chi connectivity index (χ3v) is 4.51. The number of rotatable bonds is 6. The van der Waals surface area contributed by atoms with Crippen molar-refractivity contribution in [3.63, 3.8) is 0 Å². The molecule has 0 saturated heterocycles. The maximum atomic E-state index is 10.5. The van der Waals surface area contributed by atoms with Crippen LogP contribution in [0.25, 0.3) is 0 Å². The molecule has 1 aromatic heterocycles. The smallest absolute Gasteiger partial charge is 0.309 e. The second-order valence-electron chi connectivity index (χ2n) is 3.89. The number of non-ortho nitro benzene ring substituents is 1. The number of hydrogen-bond donors (Lipinski definition) is 1. The van der Waals surface area contributed by atoms with Crippen LogP contribution in [0.1, 0.15) is 11.3 Å². The summed E-state index contributed by atoms with van der Waals surface area (Å²) in [6, 6.07) is 6.34. The van der Waals surface area contributed by atoms with Gasteiger partial charge in [-0.2, -0.15) is 0 Å². The minimum absolute atomic E-state index is 0.0664. The number of benzene rings is 1. The lowest BCUT2D eigenvalue weighted by molar-refractivity contribution is -0.384. The van der Waals surface area contributed by atoms with E-state index in [0.29, 0.717) is 11.4 Å². The lowest BCUT2D eigenvalue weighted by Gasteiger charge is -1.98. The Hall–Kier alpha value is -1.93. The number of nitrogens with zero attached hydrogens (tertiary/aromatic N) is 2. The zero-order valence-electron chi connectivity index (χ0n) is 10.2. The molecule has 0 aliphatic carbocycles. The van der Waals surface area contributed by atoms with Gasteiger partial charge < -0.3 is 5.11 Å². The van der Waals surface area contributed by atoms with Gasteiger partial charge in [0, 0.05) is 23.3 Å². The predicted octanol–water partition coefficient (Wildman–Crippen LogP) is 2.97. The molecule has 0 saturated carbocycles. The Labute approximate surface area is 122 Å². The molecule has 104 valence electrons. The van der Waals surface area contributed by atoms with Crippen LogP contribution < -0.4 is 0 Å². The predicted molar refractivity (Wildman–Crippen MR) is 76.1 cm³/mol. The topological polar surface area (TPSA) is 93.3 Å². The molecule has 0 unspecified atom stereocenters. The second kappa shape index (κ2) is 6.49. The summed E-state index contributed by atoms with van der Waals surface area (Å²) in [4.78, 5) is 24.8. The van der Waals surface area contributed by atoms with Gasteiger partial charge in [-0.15, -0.1) is 11.3 Å². The Morgan fingerprint density at radius 2 is 2.10 bits per heavy atom. The zero-order chi connectivity index (χ0) is 14.5. The molecule has 2 aromatic rings. The highest BCUT2D eigenvalue weighted by atomic mass is 32.2. The summed E-state index contributed by atoms with van der Waals surface area (Å²) in [5.74, 6) is -0.264. The number of carbonyl (C=O) groups is 1. The van der Waals surface area contributed by atoms with Crippen LogP contribution in [-0.4, -0.2) is 21.0 Å². The highest BCUT2D eigenvalue weighted by molar-refractivity contribution is 8.00. The van der Waals surface area contributed by atoms with E-state index in [2.05, 4.69) is 4.98 Å². The Morgan fingerprint density at radius 1 is 1.40 bits per heavy atom. The average molecular weight is 310 g/mol. The lowest BCUT2D eigenvalue weighted by Crippen LogP contribution is -1.99. The third kappa shape index (κ3) is 4.04. The molecule has 0 aliphatic rings. The van der Waals surface area contributed by atoms with Gasteiger partial charge in [0.2, 0.25) is 0 Å². The number of aromatic nitrogens is 1. The molecule has 6 nitrogen and oxygen atoms in total. The van der Waals surface area contributed by atoms with E-state index in [9.17, 15) is 14.9 Å². The summed E-state index contributed by atoms with van der Waals surface area (Å²) >= 11 is 2.88. The molecule has 8 heteroatoms. The van der Waals surface area contributed by atoms with Crippen LogP contribution in [0.5, 0.6) is 0 Å². The second-order valence-corrected chi connectivity index (χ2v) is 5.97. The Bertz CT molecular complexity index is 625.